The van der Waals surface area contributed by atoms with Crippen LogP contribution in [0.25, 0.3) is 0 Å². The van der Waals surface area contributed by atoms with Crippen molar-refractivity contribution in [3.63, 3.8) is 0 Å². The lowest BCUT2D eigenvalue weighted by Gasteiger charge is -2.19. The van der Waals surface area contributed by atoms with Gasteiger partial charge in [0.1, 0.15) is 6.10 Å². The minimum atomic E-state index is -1.89. The molecule has 0 radical (unpaired) electrons. The van der Waals surface area contributed by atoms with Gasteiger partial charge in [-0.2, -0.15) is 0 Å². The van der Waals surface area contributed by atoms with E-state index in [1.165, 1.54) is 0 Å². The zero-order valence-electron chi connectivity index (χ0n) is 7.22. The first kappa shape index (κ1) is 8.96. The molecule has 0 amide bonds. The van der Waals surface area contributed by atoms with Gasteiger partial charge in [-0.05, 0) is 26.2 Å². The van der Waals surface area contributed by atoms with Crippen LogP contribution < -0.4 is 0 Å². The van der Waals surface area contributed by atoms with Crippen LogP contribution in [0.3, 0.4) is 0 Å². The third-order valence-corrected chi connectivity index (χ3v) is 5.76. The molecule has 1 fully saturated rings. The Balaban J connectivity index is 2.60. The lowest BCUT2D eigenvalue weighted by molar-refractivity contribution is 0.153. The van der Waals surface area contributed by atoms with Crippen molar-refractivity contribution in [1.29, 1.82) is 0 Å². The van der Waals surface area contributed by atoms with Gasteiger partial charge in [0.25, 0.3) is 0 Å². The molecule has 0 aromatic heterocycles. The van der Waals surface area contributed by atoms with Gasteiger partial charge in [0, 0.05) is 0 Å². The Hall–Kier alpha value is -0.136. The number of rotatable bonds is 0. The van der Waals surface area contributed by atoms with Gasteiger partial charge in [-0.3, -0.25) is 0 Å². The normalized spacial score (nSPS) is 30.1. The Labute approximate surface area is 70.0 Å². The highest BCUT2D eigenvalue weighted by Crippen LogP contribution is 2.12. The molecule has 1 aliphatic heterocycles. The van der Waals surface area contributed by atoms with E-state index in [1.807, 2.05) is 20.0 Å². The zero-order valence-corrected chi connectivity index (χ0v) is 9.22. The predicted molar refractivity (Wildman–Crippen MR) is 47.9 cm³/mol. The van der Waals surface area contributed by atoms with Crippen molar-refractivity contribution in [2.24, 2.45) is 0 Å². The Kier molecular flexibility index (Phi) is 2.51. The summed E-state index contributed by atoms with van der Waals surface area (Å²) < 4.78 is 16.5. The van der Waals surface area contributed by atoms with Crippen molar-refractivity contribution in [2.75, 3.05) is 6.61 Å². The van der Waals surface area contributed by atoms with Gasteiger partial charge in [-0.25, -0.2) is 0 Å². The summed E-state index contributed by atoms with van der Waals surface area (Å²) in [7, 11) is -3.19. The summed E-state index contributed by atoms with van der Waals surface area (Å²) in [4.78, 5) is 0. The Bertz CT molecular complexity index is 169. The molecule has 64 valence electrons. The van der Waals surface area contributed by atoms with Crippen LogP contribution in [0, 0.1) is 0 Å². The number of hydrogen-bond acceptors (Lipinski definition) is 3. The summed E-state index contributed by atoms with van der Waals surface area (Å²) in [5.74, 6) is 0. The topological polar surface area (TPSA) is 27.7 Å². The SMILES string of the molecule is C=[Si]1OC(C)CO[Si](C)(C)O1. The van der Waals surface area contributed by atoms with Crippen LogP contribution in [-0.2, 0) is 13.0 Å². The van der Waals surface area contributed by atoms with Crippen molar-refractivity contribution >= 4 is 23.6 Å². The van der Waals surface area contributed by atoms with Crippen LogP contribution >= 0.6 is 0 Å². The average Bonchev–Trinajstić information content (AvgIpc) is 1.90. The van der Waals surface area contributed by atoms with E-state index < -0.39 is 17.5 Å². The van der Waals surface area contributed by atoms with Gasteiger partial charge in [0.05, 0.1) is 6.61 Å². The molecule has 1 atom stereocenters. The Morgan fingerprint density at radius 3 is 2.82 bits per heavy atom. The van der Waals surface area contributed by atoms with Gasteiger partial charge in [0.15, 0.2) is 0 Å². The van der Waals surface area contributed by atoms with Crippen molar-refractivity contribution in [3.05, 3.63) is 0 Å². The second-order valence-electron chi connectivity index (χ2n) is 3.11. The summed E-state index contributed by atoms with van der Waals surface area (Å²) in [5.41, 5.74) is 0. The highest BCUT2D eigenvalue weighted by molar-refractivity contribution is 6.72. The third-order valence-electron chi connectivity index (χ3n) is 1.36. The van der Waals surface area contributed by atoms with Crippen LogP contribution in [-0.4, -0.2) is 36.3 Å². The Morgan fingerprint density at radius 1 is 1.55 bits per heavy atom. The third kappa shape index (κ3) is 2.76. The van der Waals surface area contributed by atoms with Crippen molar-refractivity contribution in [2.45, 2.75) is 26.1 Å². The standard InChI is InChI=1S/C6H14O3Si2/c1-6-5-7-11(3,4)9-10(2)8-6/h6H,2,5H2,1,3-4H3. The van der Waals surface area contributed by atoms with E-state index in [2.05, 4.69) is 6.17 Å². The van der Waals surface area contributed by atoms with Crippen molar-refractivity contribution in [3.8, 4) is 0 Å². The molecule has 1 rings (SSSR count). The Morgan fingerprint density at radius 2 is 2.18 bits per heavy atom. The molecule has 1 heterocycles. The second-order valence-corrected chi connectivity index (χ2v) is 8.00. The largest absolute Gasteiger partial charge is 0.559 e. The minimum absolute atomic E-state index is 0.135. The molecule has 0 aromatic rings. The fourth-order valence-electron chi connectivity index (χ4n) is 0.904. The van der Waals surface area contributed by atoms with Gasteiger partial charge in [-0.1, -0.05) is 0 Å². The average molecular weight is 190 g/mol. The summed E-state index contributed by atoms with van der Waals surface area (Å²) >= 11 is 0. The van der Waals surface area contributed by atoms with E-state index in [4.69, 9.17) is 13.0 Å². The van der Waals surface area contributed by atoms with Crippen LogP contribution in [0.5, 0.6) is 0 Å². The fourth-order valence-corrected chi connectivity index (χ4v) is 4.68. The van der Waals surface area contributed by atoms with Crippen LogP contribution in [0.2, 0.25) is 13.1 Å². The van der Waals surface area contributed by atoms with Gasteiger partial charge in [-0.15, -0.1) is 0 Å². The van der Waals surface area contributed by atoms with Crippen LogP contribution in [0.4, 0.5) is 0 Å². The van der Waals surface area contributed by atoms with E-state index in [1.54, 1.807) is 0 Å². The first-order valence-electron chi connectivity index (χ1n) is 3.68. The van der Waals surface area contributed by atoms with Gasteiger partial charge in [0.2, 0.25) is 0 Å². The maximum atomic E-state index is 5.55. The highest BCUT2D eigenvalue weighted by Gasteiger charge is 2.32. The first-order chi connectivity index (χ1) is 4.99. The molecule has 0 saturated carbocycles. The van der Waals surface area contributed by atoms with E-state index >= 15 is 0 Å². The molecule has 1 aliphatic rings. The predicted octanol–water partition coefficient (Wildman–Crippen LogP) is 0.642. The van der Waals surface area contributed by atoms with Crippen molar-refractivity contribution in [1.82, 2.24) is 0 Å². The summed E-state index contributed by atoms with van der Waals surface area (Å²) in [6, 6.07) is 0. The van der Waals surface area contributed by atoms with Gasteiger partial charge >= 0.3 is 17.5 Å². The molecule has 3 nitrogen and oxygen atoms in total. The fraction of sp³-hybridized carbons (Fsp3) is 0.833. The molecule has 5 heteroatoms. The molecule has 0 aliphatic carbocycles. The van der Waals surface area contributed by atoms with Crippen molar-refractivity contribution < 1.29 is 13.0 Å². The van der Waals surface area contributed by atoms with E-state index in [0.29, 0.717) is 6.61 Å². The molecular weight excluding hydrogens is 176 g/mol. The smallest absolute Gasteiger partial charge is 0.458 e. The molecule has 1 unspecified atom stereocenters. The highest BCUT2D eigenvalue weighted by atomic mass is 28.4. The lowest BCUT2D eigenvalue weighted by Crippen LogP contribution is -2.36. The summed E-state index contributed by atoms with van der Waals surface area (Å²) in [6.07, 6.45) is 3.95. The first-order valence-corrected chi connectivity index (χ1v) is 8.02. The van der Waals surface area contributed by atoms with Crippen LogP contribution in [0.15, 0.2) is 0 Å². The van der Waals surface area contributed by atoms with Gasteiger partial charge < -0.3 is 13.0 Å². The second kappa shape index (κ2) is 3.08. The molecule has 11 heavy (non-hydrogen) atoms. The van der Waals surface area contributed by atoms with Crippen LogP contribution in [0.1, 0.15) is 6.92 Å². The molecule has 0 N–H and O–H groups in total. The summed E-state index contributed by atoms with van der Waals surface area (Å²) in [6.45, 7) is 6.66. The maximum Gasteiger partial charge on any atom is 0.458 e. The lowest BCUT2D eigenvalue weighted by atomic mass is 10.5. The number of hydrogen-bond donors (Lipinski definition) is 0. The molecule has 0 aromatic carbocycles. The van der Waals surface area contributed by atoms with E-state index in [0.717, 1.165) is 0 Å². The molecular formula is C6H14O3Si2. The zero-order chi connectivity index (χ0) is 8.48. The van der Waals surface area contributed by atoms with E-state index in [-0.39, 0.29) is 6.10 Å². The quantitative estimate of drug-likeness (QED) is 0.525. The molecule has 0 bridgehead atoms. The maximum absolute atomic E-state index is 5.55. The molecule has 0 spiro atoms. The summed E-state index contributed by atoms with van der Waals surface area (Å²) in [5, 5.41) is 0. The molecule has 1 saturated heterocycles. The monoisotopic (exact) mass is 190 g/mol. The van der Waals surface area contributed by atoms with E-state index in [9.17, 15) is 0 Å². The minimum Gasteiger partial charge on any atom is -0.559 e.